The maximum atomic E-state index is 12.2. The predicted octanol–water partition coefficient (Wildman–Crippen LogP) is 3.12. The van der Waals surface area contributed by atoms with E-state index in [1.165, 1.54) is 0 Å². The lowest BCUT2D eigenvalue weighted by Gasteiger charge is -2.03. The van der Waals surface area contributed by atoms with Gasteiger partial charge in [-0.1, -0.05) is 23.7 Å². The Hall–Kier alpha value is -1.61. The fourth-order valence-electron chi connectivity index (χ4n) is 2.00. The summed E-state index contributed by atoms with van der Waals surface area (Å²) in [5.41, 5.74) is 3.58. The number of rotatable bonds is 3. The Labute approximate surface area is 111 Å². The zero-order valence-corrected chi connectivity index (χ0v) is 11.5. The standard InChI is InChI=1S/C14H15ClN2O/c1-9-13(10(2)17(3)16-9)8-14(18)11-5-4-6-12(15)7-11/h4-7H,8H2,1-3H3. The monoisotopic (exact) mass is 262 g/mol. The molecule has 0 N–H and O–H groups in total. The highest BCUT2D eigenvalue weighted by atomic mass is 35.5. The van der Waals surface area contributed by atoms with Crippen molar-refractivity contribution in [1.29, 1.82) is 0 Å². The molecule has 0 saturated heterocycles. The molecule has 0 fully saturated rings. The van der Waals surface area contributed by atoms with Gasteiger partial charge in [0.25, 0.3) is 0 Å². The number of hydrogen-bond donors (Lipinski definition) is 0. The lowest BCUT2D eigenvalue weighted by Crippen LogP contribution is -2.05. The van der Waals surface area contributed by atoms with Gasteiger partial charge < -0.3 is 0 Å². The summed E-state index contributed by atoms with van der Waals surface area (Å²) in [6.07, 6.45) is 0.367. The molecule has 0 radical (unpaired) electrons. The molecule has 94 valence electrons. The van der Waals surface area contributed by atoms with E-state index >= 15 is 0 Å². The first-order chi connectivity index (χ1) is 8.49. The van der Waals surface area contributed by atoms with Gasteiger partial charge in [-0.2, -0.15) is 5.10 Å². The van der Waals surface area contributed by atoms with Crippen LogP contribution in [-0.2, 0) is 13.5 Å². The van der Waals surface area contributed by atoms with Gasteiger partial charge in [0.05, 0.1) is 5.69 Å². The van der Waals surface area contributed by atoms with Gasteiger partial charge in [0.1, 0.15) is 0 Å². The molecule has 1 aromatic heterocycles. The zero-order chi connectivity index (χ0) is 13.3. The van der Waals surface area contributed by atoms with E-state index in [4.69, 9.17) is 11.6 Å². The van der Waals surface area contributed by atoms with Crippen LogP contribution in [-0.4, -0.2) is 15.6 Å². The van der Waals surface area contributed by atoms with Gasteiger partial charge in [0.15, 0.2) is 5.78 Å². The molecule has 18 heavy (non-hydrogen) atoms. The van der Waals surface area contributed by atoms with E-state index in [0.29, 0.717) is 17.0 Å². The van der Waals surface area contributed by atoms with Crippen LogP contribution < -0.4 is 0 Å². The highest BCUT2D eigenvalue weighted by Gasteiger charge is 2.14. The molecule has 2 rings (SSSR count). The van der Waals surface area contributed by atoms with Gasteiger partial charge >= 0.3 is 0 Å². The Morgan fingerprint density at radius 3 is 2.67 bits per heavy atom. The number of ketones is 1. The molecule has 2 aromatic rings. The van der Waals surface area contributed by atoms with E-state index < -0.39 is 0 Å². The van der Waals surface area contributed by atoms with Crippen molar-refractivity contribution in [2.24, 2.45) is 7.05 Å². The molecule has 0 bridgehead atoms. The van der Waals surface area contributed by atoms with Crippen molar-refractivity contribution in [2.45, 2.75) is 20.3 Å². The molecule has 1 heterocycles. The average molecular weight is 263 g/mol. The molecule has 0 aliphatic carbocycles. The minimum absolute atomic E-state index is 0.0664. The average Bonchev–Trinajstić information content (AvgIpc) is 2.56. The van der Waals surface area contributed by atoms with Crippen LogP contribution in [0.1, 0.15) is 27.3 Å². The Morgan fingerprint density at radius 2 is 2.11 bits per heavy atom. The molecular formula is C14H15ClN2O. The van der Waals surface area contributed by atoms with E-state index in [0.717, 1.165) is 17.0 Å². The van der Waals surface area contributed by atoms with Crippen molar-refractivity contribution in [3.63, 3.8) is 0 Å². The van der Waals surface area contributed by atoms with Gasteiger partial charge in [-0.05, 0) is 26.0 Å². The quantitative estimate of drug-likeness (QED) is 0.797. The molecule has 0 atom stereocenters. The van der Waals surface area contributed by atoms with Crippen LogP contribution >= 0.6 is 11.6 Å². The van der Waals surface area contributed by atoms with Gasteiger partial charge in [-0.25, -0.2) is 0 Å². The number of carbonyl (C=O) groups is 1. The normalized spacial score (nSPS) is 10.7. The van der Waals surface area contributed by atoms with Crippen molar-refractivity contribution < 1.29 is 4.79 Å². The third-order valence-corrected chi connectivity index (χ3v) is 3.38. The number of nitrogens with zero attached hydrogens (tertiary/aromatic N) is 2. The first-order valence-electron chi connectivity index (χ1n) is 5.77. The Kier molecular flexibility index (Phi) is 3.53. The molecule has 4 heteroatoms. The van der Waals surface area contributed by atoms with Crippen LogP contribution in [0.15, 0.2) is 24.3 Å². The predicted molar refractivity (Wildman–Crippen MR) is 72.2 cm³/mol. The van der Waals surface area contributed by atoms with Crippen molar-refractivity contribution in [3.8, 4) is 0 Å². The molecular weight excluding hydrogens is 248 g/mol. The highest BCUT2D eigenvalue weighted by molar-refractivity contribution is 6.31. The van der Waals surface area contributed by atoms with Gasteiger partial charge in [-0.15, -0.1) is 0 Å². The molecule has 0 amide bonds. The van der Waals surface area contributed by atoms with E-state index in [1.54, 1.807) is 28.9 Å². The molecule has 0 spiro atoms. The van der Waals surface area contributed by atoms with Gasteiger partial charge in [-0.3, -0.25) is 9.48 Å². The second-order valence-electron chi connectivity index (χ2n) is 4.38. The maximum absolute atomic E-state index is 12.2. The van der Waals surface area contributed by atoms with Crippen LogP contribution in [0.5, 0.6) is 0 Å². The lowest BCUT2D eigenvalue weighted by atomic mass is 10.0. The topological polar surface area (TPSA) is 34.9 Å². The second kappa shape index (κ2) is 4.94. The lowest BCUT2D eigenvalue weighted by molar-refractivity contribution is 0.0992. The summed E-state index contributed by atoms with van der Waals surface area (Å²) in [5, 5.41) is 4.90. The van der Waals surface area contributed by atoms with E-state index in [2.05, 4.69) is 5.10 Å². The number of Topliss-reactive ketones (excluding diaryl/α,β-unsaturated/α-hetero) is 1. The smallest absolute Gasteiger partial charge is 0.167 e. The van der Waals surface area contributed by atoms with Crippen molar-refractivity contribution in [2.75, 3.05) is 0 Å². The van der Waals surface area contributed by atoms with E-state index in [9.17, 15) is 4.79 Å². The first kappa shape index (κ1) is 12.8. The molecule has 0 aliphatic rings. The highest BCUT2D eigenvalue weighted by Crippen LogP contribution is 2.17. The molecule has 0 saturated carbocycles. The largest absolute Gasteiger partial charge is 0.294 e. The van der Waals surface area contributed by atoms with Crippen LogP contribution in [0.25, 0.3) is 0 Å². The Balaban J connectivity index is 2.27. The summed E-state index contributed by atoms with van der Waals surface area (Å²) in [6, 6.07) is 7.04. The fourth-order valence-corrected chi connectivity index (χ4v) is 2.19. The van der Waals surface area contributed by atoms with Crippen molar-refractivity contribution in [3.05, 3.63) is 51.8 Å². The molecule has 0 unspecified atom stereocenters. The molecule has 0 aliphatic heterocycles. The first-order valence-corrected chi connectivity index (χ1v) is 6.14. The number of hydrogen-bond acceptors (Lipinski definition) is 2. The molecule has 3 nitrogen and oxygen atoms in total. The fraction of sp³-hybridized carbons (Fsp3) is 0.286. The van der Waals surface area contributed by atoms with Crippen LogP contribution in [0.2, 0.25) is 5.02 Å². The third kappa shape index (κ3) is 2.46. The summed E-state index contributed by atoms with van der Waals surface area (Å²) in [7, 11) is 1.88. The van der Waals surface area contributed by atoms with Crippen LogP contribution in [0, 0.1) is 13.8 Å². The number of aromatic nitrogens is 2. The van der Waals surface area contributed by atoms with Crippen LogP contribution in [0.4, 0.5) is 0 Å². The number of benzene rings is 1. The maximum Gasteiger partial charge on any atom is 0.167 e. The summed E-state index contributed by atoms with van der Waals surface area (Å²) >= 11 is 5.89. The summed E-state index contributed by atoms with van der Waals surface area (Å²) in [4.78, 5) is 12.2. The SMILES string of the molecule is Cc1nn(C)c(C)c1CC(=O)c1cccc(Cl)c1. The Bertz CT molecular complexity index is 602. The summed E-state index contributed by atoms with van der Waals surface area (Å²) < 4.78 is 1.80. The Morgan fingerprint density at radius 1 is 1.39 bits per heavy atom. The van der Waals surface area contributed by atoms with Crippen molar-refractivity contribution >= 4 is 17.4 Å². The minimum atomic E-state index is 0.0664. The number of aryl methyl sites for hydroxylation is 2. The van der Waals surface area contributed by atoms with Crippen LogP contribution in [0.3, 0.4) is 0 Å². The molecule has 1 aromatic carbocycles. The van der Waals surface area contributed by atoms with Gasteiger partial charge in [0.2, 0.25) is 0 Å². The number of carbonyl (C=O) groups excluding carboxylic acids is 1. The van der Waals surface area contributed by atoms with E-state index in [1.807, 2.05) is 20.9 Å². The summed E-state index contributed by atoms with van der Waals surface area (Å²) in [5.74, 6) is 0.0664. The van der Waals surface area contributed by atoms with Gasteiger partial charge in [0, 0.05) is 35.3 Å². The van der Waals surface area contributed by atoms with Crippen molar-refractivity contribution in [1.82, 2.24) is 9.78 Å². The van der Waals surface area contributed by atoms with E-state index in [-0.39, 0.29) is 5.78 Å². The third-order valence-electron chi connectivity index (χ3n) is 3.14. The zero-order valence-electron chi connectivity index (χ0n) is 10.7. The minimum Gasteiger partial charge on any atom is -0.294 e. The number of halogens is 1. The summed E-state index contributed by atoms with van der Waals surface area (Å²) in [6.45, 7) is 3.90. The second-order valence-corrected chi connectivity index (χ2v) is 4.82.